The Labute approximate surface area is 174 Å². The van der Waals surface area contributed by atoms with Crippen molar-refractivity contribution in [3.63, 3.8) is 0 Å². The first-order valence-electron chi connectivity index (χ1n) is 9.21. The Hall–Kier alpha value is -3.71. The maximum Gasteiger partial charge on any atom is 0.344 e. The van der Waals surface area contributed by atoms with E-state index in [-0.39, 0.29) is 21.4 Å². The van der Waals surface area contributed by atoms with Crippen LogP contribution in [-0.2, 0) is 9.84 Å². The zero-order chi connectivity index (χ0) is 21.1. The number of sulfone groups is 1. The molecule has 1 aromatic heterocycles. The van der Waals surface area contributed by atoms with Gasteiger partial charge < -0.3 is 4.74 Å². The minimum Gasteiger partial charge on any atom is -0.402 e. The summed E-state index contributed by atoms with van der Waals surface area (Å²) < 4.78 is 33.8. The summed E-state index contributed by atoms with van der Waals surface area (Å²) in [5.41, 5.74) is 1.11. The van der Waals surface area contributed by atoms with Gasteiger partial charge in [-0.15, -0.1) is 0 Å². The number of para-hydroxylation sites is 1. The smallest absolute Gasteiger partial charge is 0.344 e. The Morgan fingerprint density at radius 3 is 1.97 bits per heavy atom. The number of carbonyl (C=O) groups is 1. The minimum absolute atomic E-state index is 0.0951. The highest BCUT2D eigenvalue weighted by atomic mass is 32.2. The van der Waals surface area contributed by atoms with Crippen molar-refractivity contribution in [1.82, 2.24) is 9.78 Å². The highest BCUT2D eigenvalue weighted by molar-refractivity contribution is 7.91. The molecule has 150 valence electrons. The number of hydrogen-bond donors (Lipinski definition) is 0. The van der Waals surface area contributed by atoms with Crippen molar-refractivity contribution in [1.29, 1.82) is 0 Å². The number of esters is 1. The average molecular weight is 418 g/mol. The maximum atomic E-state index is 13.4. The van der Waals surface area contributed by atoms with Gasteiger partial charge in [0.15, 0.2) is 4.90 Å². The molecule has 4 rings (SSSR count). The quantitative estimate of drug-likeness (QED) is 0.453. The Balaban J connectivity index is 1.90. The molecule has 0 unspecified atom stereocenters. The van der Waals surface area contributed by atoms with Crippen molar-refractivity contribution in [3.05, 3.63) is 102 Å². The van der Waals surface area contributed by atoms with Crippen LogP contribution in [0.2, 0.25) is 0 Å². The molecule has 6 nitrogen and oxygen atoms in total. The van der Waals surface area contributed by atoms with Crippen molar-refractivity contribution in [2.75, 3.05) is 0 Å². The van der Waals surface area contributed by atoms with Crippen LogP contribution >= 0.6 is 0 Å². The van der Waals surface area contributed by atoms with Crippen LogP contribution in [0.4, 0.5) is 0 Å². The summed E-state index contributed by atoms with van der Waals surface area (Å²) in [7, 11) is -3.98. The van der Waals surface area contributed by atoms with Gasteiger partial charge in [0.2, 0.25) is 15.7 Å². The number of aryl methyl sites for hydroxylation is 1. The molecule has 0 saturated heterocycles. The van der Waals surface area contributed by atoms with Gasteiger partial charge in [-0.25, -0.2) is 13.2 Å². The summed E-state index contributed by atoms with van der Waals surface area (Å²) in [5, 5.41) is 4.38. The molecule has 0 fully saturated rings. The molecular formula is C23H18N2O4S. The van der Waals surface area contributed by atoms with E-state index in [1.165, 1.54) is 16.8 Å². The van der Waals surface area contributed by atoms with Crippen molar-refractivity contribution >= 4 is 15.8 Å². The molecule has 0 bridgehead atoms. The van der Waals surface area contributed by atoms with Crippen LogP contribution in [0.3, 0.4) is 0 Å². The summed E-state index contributed by atoms with van der Waals surface area (Å²) >= 11 is 0. The van der Waals surface area contributed by atoms with E-state index in [1.54, 1.807) is 79.7 Å². The van der Waals surface area contributed by atoms with Crippen LogP contribution in [0.15, 0.2) is 101 Å². The number of ether oxygens (including phenoxy) is 1. The van der Waals surface area contributed by atoms with Crippen LogP contribution in [0, 0.1) is 6.92 Å². The average Bonchev–Trinajstić information content (AvgIpc) is 3.12. The lowest BCUT2D eigenvalue weighted by Gasteiger charge is -2.11. The highest BCUT2D eigenvalue weighted by Gasteiger charge is 2.32. The molecule has 0 amide bonds. The van der Waals surface area contributed by atoms with Crippen LogP contribution in [0.1, 0.15) is 16.1 Å². The van der Waals surface area contributed by atoms with Crippen molar-refractivity contribution in [2.45, 2.75) is 16.7 Å². The van der Waals surface area contributed by atoms with E-state index in [4.69, 9.17) is 4.74 Å². The summed E-state index contributed by atoms with van der Waals surface area (Å²) in [6.07, 6.45) is 0. The molecule has 0 aliphatic carbocycles. The predicted octanol–water partition coefficient (Wildman–Crippen LogP) is 4.23. The van der Waals surface area contributed by atoms with E-state index in [9.17, 15) is 13.2 Å². The standard InChI is InChI=1S/C23H18N2O4S/c1-17-21(30(27,28)20-15-9-4-10-16-20)22(25(24-17)19-13-7-3-8-14-19)29-23(26)18-11-5-2-6-12-18/h2-16H,1H3. The lowest BCUT2D eigenvalue weighted by atomic mass is 10.2. The van der Waals surface area contributed by atoms with Crippen LogP contribution in [0.5, 0.6) is 5.88 Å². The lowest BCUT2D eigenvalue weighted by molar-refractivity contribution is 0.0718. The van der Waals surface area contributed by atoms with Gasteiger partial charge >= 0.3 is 5.97 Å². The van der Waals surface area contributed by atoms with E-state index in [2.05, 4.69) is 5.10 Å². The highest BCUT2D eigenvalue weighted by Crippen LogP contribution is 2.34. The predicted molar refractivity (Wildman–Crippen MR) is 112 cm³/mol. The normalized spacial score (nSPS) is 11.2. The second-order valence-electron chi connectivity index (χ2n) is 6.54. The number of aromatic nitrogens is 2. The molecule has 1 heterocycles. The zero-order valence-corrected chi connectivity index (χ0v) is 16.9. The maximum absolute atomic E-state index is 13.4. The molecule has 0 radical (unpaired) electrons. The molecule has 7 heteroatoms. The molecule has 0 saturated carbocycles. The molecule has 0 aliphatic rings. The third-order valence-corrected chi connectivity index (χ3v) is 6.39. The Morgan fingerprint density at radius 1 is 0.833 bits per heavy atom. The van der Waals surface area contributed by atoms with Crippen molar-refractivity contribution in [3.8, 4) is 11.6 Å². The van der Waals surface area contributed by atoms with E-state index in [0.717, 1.165) is 0 Å². The largest absolute Gasteiger partial charge is 0.402 e. The first kappa shape index (κ1) is 19.6. The topological polar surface area (TPSA) is 78.3 Å². The van der Waals surface area contributed by atoms with Gasteiger partial charge in [-0.05, 0) is 43.3 Å². The molecule has 0 aliphatic heterocycles. The molecule has 3 aromatic carbocycles. The third kappa shape index (κ3) is 3.62. The molecule has 0 atom stereocenters. The summed E-state index contributed by atoms with van der Waals surface area (Å²) in [6.45, 7) is 1.58. The molecule has 30 heavy (non-hydrogen) atoms. The first-order chi connectivity index (χ1) is 14.5. The Kier molecular flexibility index (Phi) is 5.20. The van der Waals surface area contributed by atoms with E-state index in [0.29, 0.717) is 11.3 Å². The van der Waals surface area contributed by atoms with Gasteiger partial charge in [-0.1, -0.05) is 54.6 Å². The molecule has 4 aromatic rings. The Morgan fingerprint density at radius 2 is 1.37 bits per heavy atom. The molecule has 0 N–H and O–H groups in total. The number of nitrogens with zero attached hydrogens (tertiary/aromatic N) is 2. The number of hydrogen-bond acceptors (Lipinski definition) is 5. The fourth-order valence-electron chi connectivity index (χ4n) is 3.07. The van der Waals surface area contributed by atoms with E-state index >= 15 is 0 Å². The van der Waals surface area contributed by atoms with Gasteiger partial charge in [0.1, 0.15) is 0 Å². The fraction of sp³-hybridized carbons (Fsp3) is 0.0435. The van der Waals surface area contributed by atoms with Gasteiger partial charge in [0, 0.05) is 0 Å². The van der Waals surface area contributed by atoms with Gasteiger partial charge in [0.05, 0.1) is 21.8 Å². The molecular weight excluding hydrogens is 400 g/mol. The molecule has 0 spiro atoms. The second-order valence-corrected chi connectivity index (χ2v) is 8.43. The van der Waals surface area contributed by atoms with Gasteiger partial charge in [-0.3, -0.25) is 0 Å². The Bertz CT molecular complexity index is 1280. The zero-order valence-electron chi connectivity index (χ0n) is 16.1. The second kappa shape index (κ2) is 7.96. The van der Waals surface area contributed by atoms with Crippen LogP contribution in [-0.4, -0.2) is 24.2 Å². The minimum atomic E-state index is -3.98. The lowest BCUT2D eigenvalue weighted by Crippen LogP contribution is -2.14. The van der Waals surface area contributed by atoms with Crippen molar-refractivity contribution in [2.24, 2.45) is 0 Å². The SMILES string of the molecule is Cc1nn(-c2ccccc2)c(OC(=O)c2ccccc2)c1S(=O)(=O)c1ccccc1. The monoisotopic (exact) mass is 418 g/mol. The number of benzene rings is 3. The number of rotatable bonds is 5. The number of carbonyl (C=O) groups excluding carboxylic acids is 1. The van der Waals surface area contributed by atoms with Gasteiger partial charge in [0.25, 0.3) is 0 Å². The first-order valence-corrected chi connectivity index (χ1v) is 10.7. The van der Waals surface area contributed by atoms with E-state index in [1.807, 2.05) is 6.07 Å². The fourth-order valence-corrected chi connectivity index (χ4v) is 4.61. The van der Waals surface area contributed by atoms with Crippen molar-refractivity contribution < 1.29 is 17.9 Å². The van der Waals surface area contributed by atoms with E-state index < -0.39 is 15.8 Å². The van der Waals surface area contributed by atoms with Crippen LogP contribution in [0.25, 0.3) is 5.69 Å². The van der Waals surface area contributed by atoms with Gasteiger partial charge in [-0.2, -0.15) is 9.78 Å². The van der Waals surface area contributed by atoms with Crippen LogP contribution < -0.4 is 4.74 Å². The third-order valence-electron chi connectivity index (χ3n) is 4.49. The summed E-state index contributed by atoms with van der Waals surface area (Å²) in [4.78, 5) is 12.7. The summed E-state index contributed by atoms with van der Waals surface area (Å²) in [6, 6.07) is 25.3. The summed E-state index contributed by atoms with van der Waals surface area (Å²) in [5.74, 6) is -0.811.